The molecule has 0 aliphatic rings. The molecule has 1 aromatic rings. The van der Waals surface area contributed by atoms with Crippen molar-refractivity contribution in [3.63, 3.8) is 0 Å². The van der Waals surface area contributed by atoms with E-state index < -0.39 is 0 Å². The normalized spacial score (nSPS) is 11.6. The van der Waals surface area contributed by atoms with Crippen LogP contribution in [0, 0.1) is 11.8 Å². The van der Waals surface area contributed by atoms with Gasteiger partial charge in [-0.05, 0) is 18.3 Å². The van der Waals surface area contributed by atoms with Crippen molar-refractivity contribution in [1.29, 1.82) is 0 Å². The zero-order chi connectivity index (χ0) is 11.6. The van der Waals surface area contributed by atoms with E-state index in [-0.39, 0.29) is 5.56 Å². The predicted molar refractivity (Wildman–Crippen MR) is 62.8 cm³/mol. The number of hydrogen-bond acceptors (Lipinski definition) is 2. The van der Waals surface area contributed by atoms with Gasteiger partial charge in [0.2, 0.25) is 0 Å². The highest BCUT2D eigenvalue weighted by molar-refractivity contribution is 5.40. The molecule has 4 heteroatoms. The summed E-state index contributed by atoms with van der Waals surface area (Å²) in [6.45, 7) is 9.06. The summed E-state index contributed by atoms with van der Waals surface area (Å²) in [7, 11) is 0. The molecule has 1 heterocycles. The Bertz CT molecular complexity index is 374. The second-order valence-corrected chi connectivity index (χ2v) is 4.91. The highest BCUT2D eigenvalue weighted by Crippen LogP contribution is 2.10. The number of nitrogen functional groups attached to an aromatic ring is 1. The second-order valence-electron chi connectivity index (χ2n) is 4.91. The largest absolute Gasteiger partial charge is 0.393 e. The minimum absolute atomic E-state index is 0.0839. The Balaban J connectivity index is 2.96. The van der Waals surface area contributed by atoms with Crippen molar-refractivity contribution in [2.75, 3.05) is 5.73 Å². The van der Waals surface area contributed by atoms with Gasteiger partial charge in [0.15, 0.2) is 0 Å². The van der Waals surface area contributed by atoms with Crippen LogP contribution in [0.5, 0.6) is 0 Å². The Morgan fingerprint density at radius 2 is 1.87 bits per heavy atom. The van der Waals surface area contributed by atoms with Gasteiger partial charge in [-0.2, -0.15) is 0 Å². The Labute approximate surface area is 90.5 Å². The van der Waals surface area contributed by atoms with Crippen LogP contribution in [-0.4, -0.2) is 9.78 Å². The van der Waals surface area contributed by atoms with E-state index in [9.17, 15) is 4.79 Å². The molecule has 1 aromatic heterocycles. The van der Waals surface area contributed by atoms with Gasteiger partial charge in [-0.15, -0.1) is 0 Å². The highest BCUT2D eigenvalue weighted by atomic mass is 16.1. The third-order valence-corrected chi connectivity index (χ3v) is 2.23. The molecule has 86 valence electrons. The van der Waals surface area contributed by atoms with E-state index in [0.717, 1.165) is 12.1 Å². The van der Waals surface area contributed by atoms with Crippen LogP contribution < -0.4 is 11.3 Å². The van der Waals surface area contributed by atoms with Crippen molar-refractivity contribution >= 4 is 5.69 Å². The van der Waals surface area contributed by atoms with Crippen LogP contribution in [-0.2, 0) is 13.0 Å². The number of aromatic amines is 1. The summed E-state index contributed by atoms with van der Waals surface area (Å²) in [5.74, 6) is 0.936. The maximum Gasteiger partial charge on any atom is 0.289 e. The predicted octanol–water partition coefficient (Wildman–Crippen LogP) is 1.61. The van der Waals surface area contributed by atoms with Crippen LogP contribution in [0.25, 0.3) is 0 Å². The molecule has 0 aromatic carbocycles. The lowest BCUT2D eigenvalue weighted by Gasteiger charge is -2.05. The van der Waals surface area contributed by atoms with Crippen LogP contribution in [0.1, 0.15) is 33.4 Å². The van der Waals surface area contributed by atoms with E-state index in [1.165, 1.54) is 0 Å². The smallest absolute Gasteiger partial charge is 0.289 e. The van der Waals surface area contributed by atoms with Gasteiger partial charge in [-0.1, -0.05) is 27.7 Å². The minimum atomic E-state index is -0.0839. The van der Waals surface area contributed by atoms with Gasteiger partial charge in [0.1, 0.15) is 5.69 Å². The first-order valence-electron chi connectivity index (χ1n) is 5.49. The molecule has 0 fully saturated rings. The van der Waals surface area contributed by atoms with E-state index in [1.807, 2.05) is 0 Å². The van der Waals surface area contributed by atoms with Crippen molar-refractivity contribution in [2.45, 2.75) is 40.7 Å². The molecule has 3 N–H and O–H groups in total. The van der Waals surface area contributed by atoms with Crippen LogP contribution in [0.4, 0.5) is 5.69 Å². The molecular formula is C11H21N3O. The van der Waals surface area contributed by atoms with Crippen LogP contribution in [0.15, 0.2) is 4.79 Å². The van der Waals surface area contributed by atoms with Crippen molar-refractivity contribution < 1.29 is 0 Å². The summed E-state index contributed by atoms with van der Waals surface area (Å²) in [5.41, 5.74) is 6.93. The maximum atomic E-state index is 11.7. The Morgan fingerprint density at radius 1 is 1.27 bits per heavy atom. The molecule has 0 spiro atoms. The summed E-state index contributed by atoms with van der Waals surface area (Å²) in [6, 6.07) is 0. The third kappa shape index (κ3) is 2.88. The molecule has 0 unspecified atom stereocenters. The molecule has 0 aliphatic carbocycles. The van der Waals surface area contributed by atoms with Crippen molar-refractivity contribution in [1.82, 2.24) is 9.78 Å². The van der Waals surface area contributed by atoms with E-state index in [0.29, 0.717) is 24.1 Å². The lowest BCUT2D eigenvalue weighted by molar-refractivity contribution is 0.467. The number of hydrogen-bond donors (Lipinski definition) is 2. The average Bonchev–Trinajstić information content (AvgIpc) is 2.32. The SMILES string of the molecule is CC(C)Cc1[nH]n(CC(C)C)c(=O)c1N. The van der Waals surface area contributed by atoms with Gasteiger partial charge in [-0.25, -0.2) is 0 Å². The fourth-order valence-electron chi connectivity index (χ4n) is 1.61. The van der Waals surface area contributed by atoms with Crippen molar-refractivity contribution in [2.24, 2.45) is 11.8 Å². The molecule has 0 saturated heterocycles. The lowest BCUT2D eigenvalue weighted by Crippen LogP contribution is -2.20. The van der Waals surface area contributed by atoms with E-state index in [1.54, 1.807) is 4.68 Å². The van der Waals surface area contributed by atoms with Gasteiger partial charge >= 0.3 is 0 Å². The number of H-pyrrole nitrogens is 1. The molecule has 1 rings (SSSR count). The molecule has 0 saturated carbocycles. The average molecular weight is 211 g/mol. The summed E-state index contributed by atoms with van der Waals surface area (Å²) in [4.78, 5) is 11.7. The number of nitrogens with two attached hydrogens (primary N) is 1. The van der Waals surface area contributed by atoms with E-state index in [2.05, 4.69) is 32.8 Å². The Morgan fingerprint density at radius 3 is 2.33 bits per heavy atom. The number of anilines is 1. The summed E-state index contributed by atoms with van der Waals surface area (Å²) < 4.78 is 1.61. The quantitative estimate of drug-likeness (QED) is 0.794. The van der Waals surface area contributed by atoms with Crippen LogP contribution >= 0.6 is 0 Å². The molecule has 0 bridgehead atoms. The zero-order valence-corrected chi connectivity index (χ0v) is 10.0. The third-order valence-electron chi connectivity index (χ3n) is 2.23. The van der Waals surface area contributed by atoms with Gasteiger partial charge in [-0.3, -0.25) is 14.6 Å². The summed E-state index contributed by atoms with van der Waals surface area (Å²) >= 11 is 0. The molecule has 0 atom stereocenters. The molecule has 0 radical (unpaired) electrons. The van der Waals surface area contributed by atoms with Crippen LogP contribution in [0.3, 0.4) is 0 Å². The van der Waals surface area contributed by atoms with Crippen LogP contribution in [0.2, 0.25) is 0 Å². The van der Waals surface area contributed by atoms with Gasteiger partial charge in [0, 0.05) is 6.54 Å². The minimum Gasteiger partial charge on any atom is -0.393 e. The molecule has 15 heavy (non-hydrogen) atoms. The standard InChI is InChI=1S/C11H21N3O/c1-7(2)5-9-10(12)11(15)14(13-9)6-8(3)4/h7-8,13H,5-6,12H2,1-4H3. The fraction of sp³-hybridized carbons (Fsp3) is 0.727. The van der Waals surface area contributed by atoms with Gasteiger partial charge in [0.25, 0.3) is 5.56 Å². The van der Waals surface area contributed by atoms with E-state index in [4.69, 9.17) is 5.73 Å². The Hall–Kier alpha value is -1.19. The molecule has 0 amide bonds. The first-order valence-corrected chi connectivity index (χ1v) is 5.49. The summed E-state index contributed by atoms with van der Waals surface area (Å²) in [5, 5.41) is 3.09. The number of nitrogens with zero attached hydrogens (tertiary/aromatic N) is 1. The second kappa shape index (κ2) is 4.55. The number of nitrogens with one attached hydrogen (secondary N) is 1. The first-order chi connectivity index (χ1) is 6.91. The van der Waals surface area contributed by atoms with Gasteiger partial charge < -0.3 is 5.73 Å². The zero-order valence-electron chi connectivity index (χ0n) is 10.0. The topological polar surface area (TPSA) is 63.8 Å². The number of rotatable bonds is 4. The molecular weight excluding hydrogens is 190 g/mol. The number of aromatic nitrogens is 2. The summed E-state index contributed by atoms with van der Waals surface area (Å²) in [6.07, 6.45) is 0.826. The van der Waals surface area contributed by atoms with Crippen molar-refractivity contribution in [3.05, 3.63) is 16.0 Å². The molecule has 0 aliphatic heterocycles. The monoisotopic (exact) mass is 211 g/mol. The first kappa shape index (κ1) is 11.9. The van der Waals surface area contributed by atoms with E-state index >= 15 is 0 Å². The fourth-order valence-corrected chi connectivity index (χ4v) is 1.61. The Kier molecular flexibility index (Phi) is 3.61. The highest BCUT2D eigenvalue weighted by Gasteiger charge is 2.12. The van der Waals surface area contributed by atoms with Gasteiger partial charge in [0.05, 0.1) is 5.69 Å². The van der Waals surface area contributed by atoms with Crippen molar-refractivity contribution in [3.8, 4) is 0 Å². The molecule has 4 nitrogen and oxygen atoms in total. The maximum absolute atomic E-state index is 11.7. The lowest BCUT2D eigenvalue weighted by atomic mass is 10.1.